The summed E-state index contributed by atoms with van der Waals surface area (Å²) >= 11 is 3.65. The Labute approximate surface area is 171 Å². The Morgan fingerprint density at radius 1 is 0.964 bits per heavy atom. The van der Waals surface area contributed by atoms with Crippen molar-refractivity contribution in [3.8, 4) is 0 Å². The van der Waals surface area contributed by atoms with Gasteiger partial charge in [-0.25, -0.2) is 0 Å². The molecule has 6 rings (SSSR count). The van der Waals surface area contributed by atoms with Crippen LogP contribution in [0.2, 0.25) is 0 Å². The molecule has 2 aliphatic rings. The van der Waals surface area contributed by atoms with Crippen molar-refractivity contribution in [3.63, 3.8) is 0 Å². The molecule has 4 heterocycles. The minimum atomic E-state index is 0.118. The molecule has 3 nitrogen and oxygen atoms in total. The van der Waals surface area contributed by atoms with Crippen LogP contribution < -0.4 is 4.90 Å². The van der Waals surface area contributed by atoms with E-state index < -0.39 is 0 Å². The molecule has 2 aliphatic heterocycles. The average molecular weight is 403 g/mol. The molecule has 0 radical (unpaired) electrons. The van der Waals surface area contributed by atoms with Gasteiger partial charge in [-0.3, -0.25) is 14.6 Å². The summed E-state index contributed by atoms with van der Waals surface area (Å²) in [5.41, 5.74) is 3.27. The lowest BCUT2D eigenvalue weighted by molar-refractivity contribution is 0.0965. The van der Waals surface area contributed by atoms with E-state index in [9.17, 15) is 4.79 Å². The molecule has 0 N–H and O–H groups in total. The lowest BCUT2D eigenvalue weighted by atomic mass is 9.99. The molecule has 0 saturated carbocycles. The first-order valence-corrected chi connectivity index (χ1v) is 11.2. The maximum atomic E-state index is 13.2. The number of thiophene rings is 2. The summed E-state index contributed by atoms with van der Waals surface area (Å²) in [7, 11) is 0. The van der Waals surface area contributed by atoms with Crippen molar-refractivity contribution in [2.24, 2.45) is 0 Å². The van der Waals surface area contributed by atoms with E-state index in [4.69, 9.17) is 0 Å². The van der Waals surface area contributed by atoms with Gasteiger partial charge in [-0.05, 0) is 52.4 Å². The maximum absolute atomic E-state index is 13.2. The second-order valence-corrected chi connectivity index (χ2v) is 9.31. The first kappa shape index (κ1) is 16.5. The second kappa shape index (κ2) is 6.27. The Kier molecular flexibility index (Phi) is 3.69. The minimum Gasteiger partial charge on any atom is -0.294 e. The largest absolute Gasteiger partial charge is 0.294 e. The van der Waals surface area contributed by atoms with Crippen molar-refractivity contribution in [2.75, 3.05) is 18.1 Å². The number of benzene rings is 2. The monoisotopic (exact) mass is 402 g/mol. The van der Waals surface area contributed by atoms with Crippen molar-refractivity contribution in [2.45, 2.75) is 12.5 Å². The normalized spacial score (nSPS) is 18.8. The van der Waals surface area contributed by atoms with Crippen LogP contribution in [0.4, 0.5) is 5.69 Å². The Bertz CT molecular complexity index is 1190. The standard InChI is InChI=1S/C23H18N2OS2/c26-23-17-6-1-4-15-5-2-7-18(21(15)17)25(23)14-24-11-9-19-16(10-13-28-19)22(24)20-8-3-12-27-20/h1-8,10,12-13,22H,9,11,14H2. The average Bonchev–Trinajstić information content (AvgIpc) is 3.46. The van der Waals surface area contributed by atoms with Gasteiger partial charge < -0.3 is 0 Å². The van der Waals surface area contributed by atoms with Crippen LogP contribution in [-0.4, -0.2) is 24.0 Å². The van der Waals surface area contributed by atoms with Gasteiger partial charge in [0.2, 0.25) is 0 Å². The molecule has 0 saturated heterocycles. The topological polar surface area (TPSA) is 23.6 Å². The highest BCUT2D eigenvalue weighted by Crippen LogP contribution is 2.42. The molecule has 2 aromatic heterocycles. The van der Waals surface area contributed by atoms with E-state index in [0.717, 1.165) is 35.0 Å². The van der Waals surface area contributed by atoms with Crippen molar-refractivity contribution < 1.29 is 4.79 Å². The molecular formula is C23H18N2OS2. The van der Waals surface area contributed by atoms with Crippen molar-refractivity contribution in [3.05, 3.63) is 86.2 Å². The Morgan fingerprint density at radius 2 is 1.86 bits per heavy atom. The number of hydrogen-bond donors (Lipinski definition) is 0. The summed E-state index contributed by atoms with van der Waals surface area (Å²) in [6.45, 7) is 1.58. The van der Waals surface area contributed by atoms with Gasteiger partial charge in [0.25, 0.3) is 5.91 Å². The molecule has 2 aromatic carbocycles. The lowest BCUT2D eigenvalue weighted by Crippen LogP contribution is -2.44. The predicted octanol–water partition coefficient (Wildman–Crippen LogP) is 5.53. The zero-order valence-electron chi connectivity index (χ0n) is 15.2. The van der Waals surface area contributed by atoms with Gasteiger partial charge in [-0.15, -0.1) is 22.7 Å². The number of nitrogens with zero attached hydrogens (tertiary/aromatic N) is 2. The molecule has 138 valence electrons. The number of carbonyl (C=O) groups is 1. The van der Waals surface area contributed by atoms with E-state index in [0.29, 0.717) is 6.67 Å². The van der Waals surface area contributed by atoms with Crippen molar-refractivity contribution >= 4 is 45.0 Å². The number of carbonyl (C=O) groups excluding carboxylic acids is 1. The number of fused-ring (bicyclic) bond motifs is 1. The highest BCUT2D eigenvalue weighted by Gasteiger charge is 2.36. The number of rotatable bonds is 3. The van der Waals surface area contributed by atoms with Gasteiger partial charge in [-0.1, -0.05) is 30.3 Å². The predicted molar refractivity (Wildman–Crippen MR) is 117 cm³/mol. The summed E-state index contributed by atoms with van der Waals surface area (Å²) in [5, 5.41) is 6.58. The second-order valence-electron chi connectivity index (χ2n) is 7.33. The first-order valence-electron chi connectivity index (χ1n) is 9.48. The Balaban J connectivity index is 1.42. The van der Waals surface area contributed by atoms with Crippen LogP contribution in [0.3, 0.4) is 0 Å². The summed E-state index contributed by atoms with van der Waals surface area (Å²) in [4.78, 5) is 20.5. The SMILES string of the molecule is O=C1c2cccc3cccc(c23)N1CN1CCc2sccc2C1c1cccs1. The maximum Gasteiger partial charge on any atom is 0.260 e. The van der Waals surface area contributed by atoms with E-state index in [1.165, 1.54) is 15.3 Å². The van der Waals surface area contributed by atoms with Crippen LogP contribution in [-0.2, 0) is 6.42 Å². The molecule has 0 aliphatic carbocycles. The van der Waals surface area contributed by atoms with Crippen LogP contribution in [0, 0.1) is 0 Å². The molecule has 1 unspecified atom stereocenters. The summed E-state index contributed by atoms with van der Waals surface area (Å²) in [5.74, 6) is 0.118. The third kappa shape index (κ3) is 2.33. The highest BCUT2D eigenvalue weighted by atomic mass is 32.1. The minimum absolute atomic E-state index is 0.118. The van der Waals surface area contributed by atoms with Gasteiger partial charge in [0, 0.05) is 27.2 Å². The molecular weight excluding hydrogens is 384 g/mol. The molecule has 5 heteroatoms. The zero-order valence-corrected chi connectivity index (χ0v) is 16.8. The highest BCUT2D eigenvalue weighted by molar-refractivity contribution is 7.10. The fraction of sp³-hybridized carbons (Fsp3) is 0.174. The van der Waals surface area contributed by atoms with Crippen LogP contribution >= 0.6 is 22.7 Å². The molecule has 1 atom stereocenters. The van der Waals surface area contributed by atoms with Crippen LogP contribution in [0.5, 0.6) is 0 Å². The quantitative estimate of drug-likeness (QED) is 0.450. The molecule has 0 spiro atoms. The molecule has 0 bridgehead atoms. The van der Waals surface area contributed by atoms with Gasteiger partial charge in [0.05, 0.1) is 18.4 Å². The zero-order chi connectivity index (χ0) is 18.7. The van der Waals surface area contributed by atoms with E-state index in [1.54, 1.807) is 11.3 Å². The summed E-state index contributed by atoms with van der Waals surface area (Å²) in [6.07, 6.45) is 1.05. The molecule has 1 amide bonds. The molecule has 4 aromatic rings. The summed E-state index contributed by atoms with van der Waals surface area (Å²) < 4.78 is 0. The van der Waals surface area contributed by atoms with Crippen LogP contribution in [0.25, 0.3) is 10.8 Å². The van der Waals surface area contributed by atoms with Crippen LogP contribution in [0.1, 0.15) is 31.7 Å². The van der Waals surface area contributed by atoms with Gasteiger partial charge >= 0.3 is 0 Å². The Morgan fingerprint density at radius 3 is 2.71 bits per heavy atom. The van der Waals surface area contributed by atoms with Gasteiger partial charge in [-0.2, -0.15) is 0 Å². The van der Waals surface area contributed by atoms with E-state index in [-0.39, 0.29) is 11.9 Å². The Hall–Kier alpha value is -2.47. The van der Waals surface area contributed by atoms with E-state index >= 15 is 0 Å². The first-order chi connectivity index (χ1) is 13.8. The molecule has 0 fully saturated rings. The van der Waals surface area contributed by atoms with E-state index in [1.807, 2.05) is 28.4 Å². The van der Waals surface area contributed by atoms with E-state index in [2.05, 4.69) is 58.1 Å². The van der Waals surface area contributed by atoms with Crippen LogP contribution in [0.15, 0.2) is 65.4 Å². The number of amides is 1. The van der Waals surface area contributed by atoms with Crippen molar-refractivity contribution in [1.82, 2.24) is 4.90 Å². The number of hydrogen-bond acceptors (Lipinski definition) is 4. The van der Waals surface area contributed by atoms with Crippen molar-refractivity contribution in [1.29, 1.82) is 0 Å². The van der Waals surface area contributed by atoms with Gasteiger partial charge in [0.15, 0.2) is 0 Å². The fourth-order valence-electron chi connectivity index (χ4n) is 4.60. The third-order valence-electron chi connectivity index (χ3n) is 5.85. The number of anilines is 1. The smallest absolute Gasteiger partial charge is 0.260 e. The third-order valence-corrected chi connectivity index (χ3v) is 7.77. The fourth-order valence-corrected chi connectivity index (χ4v) is 6.38. The summed E-state index contributed by atoms with van der Waals surface area (Å²) in [6, 6.07) is 19.1. The molecule has 28 heavy (non-hydrogen) atoms. The lowest BCUT2D eigenvalue weighted by Gasteiger charge is -2.38. The van der Waals surface area contributed by atoms with Gasteiger partial charge in [0.1, 0.15) is 0 Å².